The van der Waals surface area contributed by atoms with E-state index in [1.54, 1.807) is 7.11 Å². The van der Waals surface area contributed by atoms with Crippen LogP contribution in [0.1, 0.15) is 18.3 Å². The lowest BCUT2D eigenvalue weighted by Crippen LogP contribution is -2.52. The molecule has 0 aliphatic carbocycles. The summed E-state index contributed by atoms with van der Waals surface area (Å²) in [6, 6.07) is 8.64. The van der Waals surface area contributed by atoms with Crippen LogP contribution in [0.3, 0.4) is 0 Å². The molecule has 1 aliphatic rings. The summed E-state index contributed by atoms with van der Waals surface area (Å²) < 4.78 is 5.20. The van der Waals surface area contributed by atoms with Gasteiger partial charge in [0, 0.05) is 45.9 Å². The van der Waals surface area contributed by atoms with Crippen LogP contribution in [0.2, 0.25) is 0 Å². The van der Waals surface area contributed by atoms with Crippen LogP contribution in [0.4, 0.5) is 0 Å². The molecule has 0 saturated carbocycles. The van der Waals surface area contributed by atoms with Gasteiger partial charge in [-0.05, 0) is 26.0 Å². The molecule has 1 saturated heterocycles. The van der Waals surface area contributed by atoms with Crippen molar-refractivity contribution in [3.8, 4) is 0 Å². The lowest BCUT2D eigenvalue weighted by molar-refractivity contribution is 0.0551. The second-order valence-corrected chi connectivity index (χ2v) is 6.36. The van der Waals surface area contributed by atoms with Gasteiger partial charge in [-0.3, -0.25) is 9.80 Å². The van der Waals surface area contributed by atoms with Crippen LogP contribution in [0.15, 0.2) is 24.3 Å². The zero-order valence-corrected chi connectivity index (χ0v) is 14.3. The van der Waals surface area contributed by atoms with Gasteiger partial charge >= 0.3 is 0 Å². The molecule has 0 radical (unpaired) electrons. The Bertz CT molecular complexity index is 661. The van der Waals surface area contributed by atoms with Gasteiger partial charge in [0.05, 0.1) is 29.0 Å². The minimum Gasteiger partial charge on any atom is -0.383 e. The van der Waals surface area contributed by atoms with Crippen LogP contribution in [0.25, 0.3) is 11.0 Å². The molecule has 1 aromatic heterocycles. The van der Waals surface area contributed by atoms with E-state index in [1.807, 2.05) is 24.3 Å². The third kappa shape index (κ3) is 3.86. The zero-order chi connectivity index (χ0) is 16.2. The fourth-order valence-corrected chi connectivity index (χ4v) is 3.24. The van der Waals surface area contributed by atoms with Gasteiger partial charge in [-0.2, -0.15) is 0 Å². The molecule has 0 spiro atoms. The summed E-state index contributed by atoms with van der Waals surface area (Å²) >= 11 is 0. The Hall–Kier alpha value is -1.56. The van der Waals surface area contributed by atoms with Crippen LogP contribution in [0.5, 0.6) is 0 Å². The number of aryl methyl sites for hydroxylation is 1. The summed E-state index contributed by atoms with van der Waals surface area (Å²) in [6.45, 7) is 10.3. The number of piperazine rings is 1. The van der Waals surface area contributed by atoms with Crippen LogP contribution in [-0.4, -0.2) is 65.7 Å². The van der Waals surface area contributed by atoms with Crippen molar-refractivity contribution in [1.82, 2.24) is 19.8 Å². The molecular weight excluding hydrogens is 288 g/mol. The number of hydrogen-bond donors (Lipinski definition) is 0. The van der Waals surface area contributed by atoms with Crippen molar-refractivity contribution in [2.75, 3.05) is 39.9 Å². The molecule has 1 aliphatic heterocycles. The summed E-state index contributed by atoms with van der Waals surface area (Å²) in [4.78, 5) is 14.5. The highest BCUT2D eigenvalue weighted by Gasteiger charge is 2.24. The fraction of sp³-hybridized carbons (Fsp3) is 0.556. The maximum atomic E-state index is 5.20. The summed E-state index contributed by atoms with van der Waals surface area (Å²) in [5.41, 5.74) is 4.10. The number of hydrogen-bond acceptors (Lipinski definition) is 5. The Morgan fingerprint density at radius 3 is 2.61 bits per heavy atom. The number of fused-ring (bicyclic) bond motifs is 1. The van der Waals surface area contributed by atoms with Crippen molar-refractivity contribution in [3.05, 3.63) is 35.7 Å². The normalized spacial score (nSPS) is 20.2. The number of nitrogens with zero attached hydrogens (tertiary/aromatic N) is 4. The van der Waals surface area contributed by atoms with Gasteiger partial charge in [-0.25, -0.2) is 9.97 Å². The number of benzene rings is 1. The van der Waals surface area contributed by atoms with Gasteiger partial charge in [0.2, 0.25) is 0 Å². The standard InChI is InChI=1S/C18H26N4O/c1-14-12-21(8-9-22(14)10-11-23-3)13-18-15(2)19-16-6-4-5-7-17(16)20-18/h4-7,14H,8-13H2,1-3H3/t14-/m0/s1. The minimum absolute atomic E-state index is 0.549. The first-order chi connectivity index (χ1) is 11.2. The van der Waals surface area contributed by atoms with Crippen LogP contribution in [0, 0.1) is 6.92 Å². The zero-order valence-electron chi connectivity index (χ0n) is 14.3. The summed E-state index contributed by atoms with van der Waals surface area (Å²) in [7, 11) is 1.77. The molecule has 2 heterocycles. The molecule has 0 N–H and O–H groups in total. The Kier molecular flexibility index (Phi) is 5.20. The van der Waals surface area contributed by atoms with E-state index in [1.165, 1.54) is 0 Å². The van der Waals surface area contributed by atoms with Crippen LogP contribution in [-0.2, 0) is 11.3 Å². The maximum Gasteiger partial charge on any atom is 0.0890 e. The third-order valence-electron chi connectivity index (χ3n) is 4.65. The molecule has 1 fully saturated rings. The first-order valence-corrected chi connectivity index (χ1v) is 8.35. The molecule has 0 unspecified atom stereocenters. The van der Waals surface area contributed by atoms with Crippen molar-refractivity contribution in [1.29, 1.82) is 0 Å². The maximum absolute atomic E-state index is 5.20. The molecule has 3 rings (SSSR count). The predicted octanol–water partition coefficient (Wildman–Crippen LogP) is 2.09. The molecule has 124 valence electrons. The lowest BCUT2D eigenvalue weighted by atomic mass is 10.1. The summed E-state index contributed by atoms with van der Waals surface area (Å²) in [5.74, 6) is 0. The number of methoxy groups -OCH3 is 1. The molecule has 0 amide bonds. The summed E-state index contributed by atoms with van der Waals surface area (Å²) in [5, 5.41) is 0. The highest BCUT2D eigenvalue weighted by Crippen LogP contribution is 2.16. The second-order valence-electron chi connectivity index (χ2n) is 6.36. The Morgan fingerprint density at radius 2 is 1.91 bits per heavy atom. The van der Waals surface area contributed by atoms with Gasteiger partial charge in [-0.1, -0.05) is 12.1 Å². The Morgan fingerprint density at radius 1 is 1.17 bits per heavy atom. The van der Waals surface area contributed by atoms with Crippen molar-refractivity contribution in [2.45, 2.75) is 26.4 Å². The monoisotopic (exact) mass is 314 g/mol. The van der Waals surface area contributed by atoms with E-state index < -0.39 is 0 Å². The Labute approximate surface area is 138 Å². The van der Waals surface area contributed by atoms with Gasteiger partial charge < -0.3 is 4.74 Å². The molecule has 0 bridgehead atoms. The molecule has 1 aromatic carbocycles. The number of para-hydroxylation sites is 2. The first kappa shape index (κ1) is 16.3. The van der Waals surface area contributed by atoms with Gasteiger partial charge in [0.1, 0.15) is 0 Å². The lowest BCUT2D eigenvalue weighted by Gasteiger charge is -2.39. The molecule has 5 heteroatoms. The number of aromatic nitrogens is 2. The van der Waals surface area contributed by atoms with Crippen molar-refractivity contribution >= 4 is 11.0 Å². The molecule has 5 nitrogen and oxygen atoms in total. The highest BCUT2D eigenvalue weighted by molar-refractivity contribution is 5.74. The van der Waals surface area contributed by atoms with E-state index in [9.17, 15) is 0 Å². The van der Waals surface area contributed by atoms with E-state index in [2.05, 4.69) is 23.6 Å². The van der Waals surface area contributed by atoms with E-state index in [-0.39, 0.29) is 0 Å². The van der Waals surface area contributed by atoms with Crippen LogP contribution >= 0.6 is 0 Å². The van der Waals surface area contributed by atoms with Crippen molar-refractivity contribution in [3.63, 3.8) is 0 Å². The van der Waals surface area contributed by atoms with Gasteiger partial charge in [-0.15, -0.1) is 0 Å². The summed E-state index contributed by atoms with van der Waals surface area (Å²) in [6.07, 6.45) is 0. The van der Waals surface area contributed by atoms with Crippen molar-refractivity contribution in [2.24, 2.45) is 0 Å². The topological polar surface area (TPSA) is 41.5 Å². The van der Waals surface area contributed by atoms with E-state index >= 15 is 0 Å². The predicted molar refractivity (Wildman–Crippen MR) is 92.5 cm³/mol. The SMILES string of the molecule is COCCN1CCN(Cc2nc3ccccc3nc2C)C[C@@H]1C. The van der Waals surface area contributed by atoms with E-state index in [0.29, 0.717) is 6.04 Å². The fourth-order valence-electron chi connectivity index (χ4n) is 3.24. The third-order valence-corrected chi connectivity index (χ3v) is 4.65. The number of ether oxygens (including phenoxy) is 1. The Balaban J connectivity index is 1.67. The van der Waals surface area contributed by atoms with Crippen LogP contribution < -0.4 is 0 Å². The smallest absolute Gasteiger partial charge is 0.0890 e. The molecule has 2 aromatic rings. The highest BCUT2D eigenvalue weighted by atomic mass is 16.5. The number of rotatable bonds is 5. The second kappa shape index (κ2) is 7.34. The average Bonchev–Trinajstić information content (AvgIpc) is 2.55. The average molecular weight is 314 g/mol. The molecule has 1 atom stereocenters. The van der Waals surface area contributed by atoms with Crippen molar-refractivity contribution < 1.29 is 4.74 Å². The molecular formula is C18H26N4O. The van der Waals surface area contributed by atoms with E-state index in [4.69, 9.17) is 14.7 Å². The molecule has 23 heavy (non-hydrogen) atoms. The van der Waals surface area contributed by atoms with Gasteiger partial charge in [0.15, 0.2) is 0 Å². The quantitative estimate of drug-likeness (QED) is 0.845. The van der Waals surface area contributed by atoms with Gasteiger partial charge in [0.25, 0.3) is 0 Å². The van der Waals surface area contributed by atoms with E-state index in [0.717, 1.165) is 61.8 Å². The largest absolute Gasteiger partial charge is 0.383 e. The first-order valence-electron chi connectivity index (χ1n) is 8.35. The minimum atomic E-state index is 0.549.